The molecular formula is C13H17ClF3N3. The van der Waals surface area contributed by atoms with Crippen LogP contribution in [0.3, 0.4) is 0 Å². The smallest absolute Gasteiger partial charge is 0.347 e. The quantitative estimate of drug-likeness (QED) is 0.873. The Labute approximate surface area is 121 Å². The monoisotopic (exact) mass is 307 g/mol. The number of rotatable bonds is 6. The molecule has 0 bridgehead atoms. The Balaban J connectivity index is 2.06. The van der Waals surface area contributed by atoms with Crippen molar-refractivity contribution in [2.45, 2.75) is 38.5 Å². The van der Waals surface area contributed by atoms with Crippen LogP contribution in [-0.2, 0) is 6.54 Å². The zero-order chi connectivity index (χ0) is 14.8. The Morgan fingerprint density at radius 2 is 2.15 bits per heavy atom. The van der Waals surface area contributed by atoms with E-state index in [9.17, 15) is 13.2 Å². The number of halogens is 4. The lowest BCUT2D eigenvalue weighted by Crippen LogP contribution is -2.34. The predicted octanol–water partition coefficient (Wildman–Crippen LogP) is 3.38. The first-order chi connectivity index (χ1) is 9.39. The number of anilines is 1. The Bertz CT molecular complexity index is 461. The minimum atomic E-state index is -4.27. The van der Waals surface area contributed by atoms with Crippen molar-refractivity contribution in [3.63, 3.8) is 0 Å². The molecule has 0 aromatic carbocycles. The number of pyridine rings is 1. The van der Waals surface area contributed by atoms with Gasteiger partial charge in [-0.1, -0.05) is 11.6 Å². The van der Waals surface area contributed by atoms with Crippen LogP contribution in [0.1, 0.15) is 25.3 Å². The second-order valence-electron chi connectivity index (χ2n) is 4.93. The lowest BCUT2D eigenvalue weighted by atomic mass is 10.2. The zero-order valence-corrected chi connectivity index (χ0v) is 11.9. The van der Waals surface area contributed by atoms with Gasteiger partial charge in [0.2, 0.25) is 0 Å². The molecule has 0 radical (unpaired) electrons. The van der Waals surface area contributed by atoms with Crippen molar-refractivity contribution in [1.82, 2.24) is 10.3 Å². The maximum Gasteiger partial charge on any atom is 0.405 e. The van der Waals surface area contributed by atoms with Crippen molar-refractivity contribution < 1.29 is 13.2 Å². The maximum atomic E-state index is 12.5. The molecule has 0 saturated heterocycles. The molecule has 112 valence electrons. The second-order valence-corrected chi connectivity index (χ2v) is 5.34. The fraction of sp³-hybridized carbons (Fsp3) is 0.615. The van der Waals surface area contributed by atoms with E-state index in [1.54, 1.807) is 19.2 Å². The van der Waals surface area contributed by atoms with Gasteiger partial charge in [-0.15, -0.1) is 0 Å². The summed E-state index contributed by atoms with van der Waals surface area (Å²) in [5.74, 6) is 0.182. The number of hydrogen-bond donors (Lipinski definition) is 1. The summed E-state index contributed by atoms with van der Waals surface area (Å²) in [5.41, 5.74) is 0.883. The van der Waals surface area contributed by atoms with Gasteiger partial charge in [-0.2, -0.15) is 13.2 Å². The van der Waals surface area contributed by atoms with Gasteiger partial charge in [0.15, 0.2) is 0 Å². The Morgan fingerprint density at radius 1 is 1.45 bits per heavy atom. The van der Waals surface area contributed by atoms with Gasteiger partial charge in [-0.25, -0.2) is 4.98 Å². The molecule has 0 spiro atoms. The first-order valence-corrected chi connectivity index (χ1v) is 6.96. The molecule has 0 aliphatic heterocycles. The fourth-order valence-corrected chi connectivity index (χ4v) is 2.21. The summed E-state index contributed by atoms with van der Waals surface area (Å²) in [6.07, 6.45) is -0.342. The van der Waals surface area contributed by atoms with E-state index in [0.717, 1.165) is 10.5 Å². The topological polar surface area (TPSA) is 28.2 Å². The molecule has 3 nitrogen and oxygen atoms in total. The SMILES string of the molecule is CCN(CC(F)(F)F)c1ncc(CNC2CC2)cc1Cl. The van der Waals surface area contributed by atoms with E-state index in [1.165, 1.54) is 12.8 Å². The standard InChI is InChI=1S/C13H17ClF3N3/c1-2-20(8-13(15,16)17)12-11(14)5-9(7-19-12)6-18-10-3-4-10/h5,7,10,18H,2-4,6,8H2,1H3. The Hall–Kier alpha value is -1.01. The number of alkyl halides is 3. The van der Waals surface area contributed by atoms with Crippen molar-refractivity contribution in [1.29, 1.82) is 0 Å². The molecule has 1 N–H and O–H groups in total. The molecule has 1 heterocycles. The molecule has 20 heavy (non-hydrogen) atoms. The highest BCUT2D eigenvalue weighted by Crippen LogP contribution is 2.27. The average molecular weight is 308 g/mol. The van der Waals surface area contributed by atoms with Gasteiger partial charge in [-0.3, -0.25) is 0 Å². The number of nitrogens with one attached hydrogen (secondary N) is 1. The van der Waals surface area contributed by atoms with E-state index in [2.05, 4.69) is 10.3 Å². The molecule has 0 atom stereocenters. The molecule has 7 heteroatoms. The van der Waals surface area contributed by atoms with Gasteiger partial charge >= 0.3 is 6.18 Å². The van der Waals surface area contributed by atoms with Gasteiger partial charge in [0.05, 0.1) is 5.02 Å². The summed E-state index contributed by atoms with van der Waals surface area (Å²) in [7, 11) is 0. The van der Waals surface area contributed by atoms with Gasteiger partial charge in [-0.05, 0) is 31.4 Å². The molecule has 1 aliphatic carbocycles. The molecule has 0 amide bonds. The number of aromatic nitrogens is 1. The third-order valence-corrected chi connectivity index (χ3v) is 3.38. The molecule has 1 fully saturated rings. The molecule has 0 unspecified atom stereocenters. The third-order valence-electron chi connectivity index (χ3n) is 3.10. The van der Waals surface area contributed by atoms with E-state index in [4.69, 9.17) is 11.6 Å². The van der Waals surface area contributed by atoms with Crippen molar-refractivity contribution >= 4 is 17.4 Å². The summed E-state index contributed by atoms with van der Waals surface area (Å²) >= 11 is 6.06. The van der Waals surface area contributed by atoms with Crippen LogP contribution in [-0.4, -0.2) is 30.3 Å². The number of nitrogens with zero attached hydrogens (tertiary/aromatic N) is 2. The lowest BCUT2D eigenvalue weighted by molar-refractivity contribution is -0.119. The highest BCUT2D eigenvalue weighted by molar-refractivity contribution is 6.33. The van der Waals surface area contributed by atoms with Gasteiger partial charge in [0.1, 0.15) is 12.4 Å². The lowest BCUT2D eigenvalue weighted by Gasteiger charge is -2.24. The van der Waals surface area contributed by atoms with Gasteiger partial charge < -0.3 is 10.2 Å². The van der Waals surface area contributed by atoms with Gasteiger partial charge in [0, 0.05) is 25.3 Å². The van der Waals surface area contributed by atoms with Crippen LogP contribution in [0.2, 0.25) is 5.02 Å². The zero-order valence-electron chi connectivity index (χ0n) is 11.2. The highest BCUT2D eigenvalue weighted by atomic mass is 35.5. The second kappa shape index (κ2) is 6.18. The van der Waals surface area contributed by atoms with Crippen LogP contribution in [0.25, 0.3) is 0 Å². The van der Waals surface area contributed by atoms with Crippen molar-refractivity contribution in [2.24, 2.45) is 0 Å². The summed E-state index contributed by atoms with van der Waals surface area (Å²) in [6.45, 7) is 1.44. The molecule has 1 saturated carbocycles. The van der Waals surface area contributed by atoms with Crippen LogP contribution in [0.4, 0.5) is 19.0 Å². The summed E-state index contributed by atoms with van der Waals surface area (Å²) < 4.78 is 37.5. The van der Waals surface area contributed by atoms with Crippen molar-refractivity contribution in [2.75, 3.05) is 18.0 Å². The van der Waals surface area contributed by atoms with E-state index in [1.807, 2.05) is 0 Å². The van der Waals surface area contributed by atoms with E-state index in [0.29, 0.717) is 12.6 Å². The normalized spacial score (nSPS) is 15.4. The largest absolute Gasteiger partial charge is 0.405 e. The van der Waals surface area contributed by atoms with Crippen LogP contribution in [0.15, 0.2) is 12.3 Å². The summed E-state index contributed by atoms with van der Waals surface area (Å²) in [5, 5.41) is 3.56. The maximum absolute atomic E-state index is 12.5. The van der Waals surface area contributed by atoms with Crippen LogP contribution >= 0.6 is 11.6 Å². The highest BCUT2D eigenvalue weighted by Gasteiger charge is 2.31. The van der Waals surface area contributed by atoms with Crippen molar-refractivity contribution in [3.8, 4) is 0 Å². The van der Waals surface area contributed by atoms with Crippen LogP contribution in [0.5, 0.6) is 0 Å². The van der Waals surface area contributed by atoms with E-state index >= 15 is 0 Å². The molecule has 2 rings (SSSR count). The molecule has 1 aromatic heterocycles. The third kappa shape index (κ3) is 4.52. The van der Waals surface area contributed by atoms with E-state index in [-0.39, 0.29) is 17.4 Å². The minimum absolute atomic E-state index is 0.182. The first-order valence-electron chi connectivity index (χ1n) is 6.58. The Morgan fingerprint density at radius 3 is 2.65 bits per heavy atom. The Kier molecular flexibility index (Phi) is 4.75. The van der Waals surface area contributed by atoms with Crippen LogP contribution < -0.4 is 10.2 Å². The first kappa shape index (κ1) is 15.4. The molecule has 1 aliphatic rings. The predicted molar refractivity (Wildman–Crippen MR) is 73.1 cm³/mol. The summed E-state index contributed by atoms with van der Waals surface area (Å²) in [4.78, 5) is 5.21. The number of hydrogen-bond acceptors (Lipinski definition) is 3. The average Bonchev–Trinajstić information content (AvgIpc) is 3.17. The van der Waals surface area contributed by atoms with Gasteiger partial charge in [0.25, 0.3) is 0 Å². The van der Waals surface area contributed by atoms with E-state index < -0.39 is 12.7 Å². The van der Waals surface area contributed by atoms with Crippen molar-refractivity contribution in [3.05, 3.63) is 22.8 Å². The van der Waals surface area contributed by atoms with Crippen LogP contribution in [0, 0.1) is 0 Å². The molecule has 1 aromatic rings. The molecular weight excluding hydrogens is 291 g/mol. The minimum Gasteiger partial charge on any atom is -0.347 e. The summed E-state index contributed by atoms with van der Waals surface area (Å²) in [6, 6.07) is 2.24. The fourth-order valence-electron chi connectivity index (χ4n) is 1.90.